The molecule has 3 rings (SSSR count). The molecule has 0 unspecified atom stereocenters. The topological polar surface area (TPSA) is 133 Å². The molecule has 0 aliphatic rings. The second kappa shape index (κ2) is 7.44. The quantitative estimate of drug-likeness (QED) is 0.526. The lowest BCUT2D eigenvalue weighted by Gasteiger charge is -2.04. The predicted octanol–water partition coefficient (Wildman–Crippen LogP) is 2.62. The minimum absolute atomic E-state index is 0.0190. The van der Waals surface area contributed by atoms with Crippen molar-refractivity contribution in [3.63, 3.8) is 0 Å². The van der Waals surface area contributed by atoms with E-state index in [9.17, 15) is 25.0 Å². The van der Waals surface area contributed by atoms with Crippen molar-refractivity contribution in [2.45, 2.75) is 6.54 Å². The lowest BCUT2D eigenvalue weighted by molar-refractivity contribution is -0.385. The maximum absolute atomic E-state index is 12.2. The van der Waals surface area contributed by atoms with Crippen LogP contribution >= 0.6 is 0 Å². The van der Waals surface area contributed by atoms with Gasteiger partial charge < -0.3 is 5.32 Å². The average molecular weight is 367 g/mol. The second-order valence-electron chi connectivity index (χ2n) is 5.55. The minimum atomic E-state index is -0.496. The van der Waals surface area contributed by atoms with Crippen LogP contribution in [0.3, 0.4) is 0 Å². The van der Waals surface area contributed by atoms with E-state index in [1.54, 1.807) is 12.1 Å². The average Bonchev–Trinajstić information content (AvgIpc) is 3.17. The Morgan fingerprint density at radius 1 is 0.963 bits per heavy atom. The summed E-state index contributed by atoms with van der Waals surface area (Å²) in [6.07, 6.45) is 2.89. The van der Waals surface area contributed by atoms with Crippen LogP contribution in [-0.2, 0) is 6.54 Å². The Labute approximate surface area is 152 Å². The van der Waals surface area contributed by atoms with Crippen molar-refractivity contribution in [2.24, 2.45) is 0 Å². The molecule has 0 bridgehead atoms. The van der Waals surface area contributed by atoms with Crippen LogP contribution in [0.1, 0.15) is 15.9 Å². The number of nitro benzene ring substituents is 2. The van der Waals surface area contributed by atoms with Crippen LogP contribution in [0, 0.1) is 20.2 Å². The highest BCUT2D eigenvalue weighted by atomic mass is 16.6. The number of hydrogen-bond acceptors (Lipinski definition) is 6. The highest BCUT2D eigenvalue weighted by Gasteiger charge is 2.11. The molecule has 10 nitrogen and oxygen atoms in total. The molecule has 1 amide bonds. The van der Waals surface area contributed by atoms with Crippen LogP contribution in [-0.4, -0.2) is 25.5 Å². The first-order valence-electron chi connectivity index (χ1n) is 7.75. The molecule has 0 aliphatic carbocycles. The van der Waals surface area contributed by atoms with Crippen LogP contribution in [0.2, 0.25) is 0 Å². The molecule has 136 valence electrons. The van der Waals surface area contributed by atoms with Crippen molar-refractivity contribution in [3.05, 3.63) is 92.3 Å². The normalized spacial score (nSPS) is 10.4. The van der Waals surface area contributed by atoms with Crippen molar-refractivity contribution in [2.75, 3.05) is 0 Å². The third-order valence-electron chi connectivity index (χ3n) is 3.77. The fraction of sp³-hybridized carbons (Fsp3) is 0.0588. The molecular formula is C17H13N5O5. The molecule has 1 N–H and O–H groups in total. The summed E-state index contributed by atoms with van der Waals surface area (Å²) in [4.78, 5) is 32.5. The van der Waals surface area contributed by atoms with Crippen molar-refractivity contribution in [1.29, 1.82) is 0 Å². The van der Waals surface area contributed by atoms with Gasteiger partial charge in [0.15, 0.2) is 0 Å². The Balaban J connectivity index is 1.64. The molecule has 0 atom stereocenters. The summed E-state index contributed by atoms with van der Waals surface area (Å²) in [7, 11) is 0. The molecule has 0 aliphatic heterocycles. The zero-order chi connectivity index (χ0) is 19.4. The van der Waals surface area contributed by atoms with Gasteiger partial charge in [-0.25, -0.2) is 4.68 Å². The van der Waals surface area contributed by atoms with Gasteiger partial charge in [-0.3, -0.25) is 25.0 Å². The second-order valence-corrected chi connectivity index (χ2v) is 5.55. The molecule has 1 heterocycles. The van der Waals surface area contributed by atoms with Gasteiger partial charge in [0.1, 0.15) is 0 Å². The van der Waals surface area contributed by atoms with E-state index in [1.807, 2.05) is 0 Å². The van der Waals surface area contributed by atoms with E-state index in [1.165, 1.54) is 53.5 Å². The summed E-state index contributed by atoms with van der Waals surface area (Å²) in [5, 5.41) is 28.1. The summed E-state index contributed by atoms with van der Waals surface area (Å²) >= 11 is 0. The third-order valence-corrected chi connectivity index (χ3v) is 3.77. The molecular weight excluding hydrogens is 354 g/mol. The SMILES string of the molecule is O=C(NCc1ccc([N+](=O)[O-])cc1)c1cnn(-c2ccc([N+](=O)[O-])cc2)c1. The van der Waals surface area contributed by atoms with Gasteiger partial charge in [-0.05, 0) is 17.7 Å². The van der Waals surface area contributed by atoms with E-state index >= 15 is 0 Å². The first kappa shape index (κ1) is 17.7. The molecule has 0 radical (unpaired) electrons. The third kappa shape index (κ3) is 4.12. The highest BCUT2D eigenvalue weighted by Crippen LogP contribution is 2.15. The molecule has 27 heavy (non-hydrogen) atoms. The Morgan fingerprint density at radius 3 is 2.07 bits per heavy atom. The molecule has 10 heteroatoms. The van der Waals surface area contributed by atoms with E-state index in [2.05, 4.69) is 10.4 Å². The van der Waals surface area contributed by atoms with Crippen molar-refractivity contribution < 1.29 is 14.6 Å². The predicted molar refractivity (Wildman–Crippen MR) is 94.5 cm³/mol. The van der Waals surface area contributed by atoms with Crippen LogP contribution in [0.4, 0.5) is 11.4 Å². The Morgan fingerprint density at radius 2 is 1.52 bits per heavy atom. The number of amides is 1. The standard InChI is InChI=1S/C17H13N5O5/c23-17(18-9-12-1-3-15(4-2-12)21(24)25)13-10-19-20(11-13)14-5-7-16(8-6-14)22(26)27/h1-8,10-11H,9H2,(H,18,23). The van der Waals surface area contributed by atoms with E-state index < -0.39 is 9.85 Å². The van der Waals surface area contributed by atoms with Gasteiger partial charge in [-0.2, -0.15) is 5.10 Å². The van der Waals surface area contributed by atoms with Crippen LogP contribution in [0.15, 0.2) is 60.9 Å². The van der Waals surface area contributed by atoms with Crippen molar-refractivity contribution >= 4 is 17.3 Å². The number of non-ortho nitro benzene ring substituents is 2. The zero-order valence-corrected chi connectivity index (χ0v) is 13.8. The van der Waals surface area contributed by atoms with Crippen LogP contribution in [0.5, 0.6) is 0 Å². The zero-order valence-electron chi connectivity index (χ0n) is 13.8. The summed E-state index contributed by atoms with van der Waals surface area (Å²) in [6, 6.07) is 11.6. The number of carbonyl (C=O) groups is 1. The molecule has 0 spiro atoms. The van der Waals surface area contributed by atoms with Gasteiger partial charge >= 0.3 is 0 Å². The van der Waals surface area contributed by atoms with E-state index in [4.69, 9.17) is 0 Å². The van der Waals surface area contributed by atoms with Crippen molar-refractivity contribution in [1.82, 2.24) is 15.1 Å². The Kier molecular flexibility index (Phi) is 4.88. The van der Waals surface area contributed by atoms with E-state index in [-0.39, 0.29) is 23.8 Å². The van der Waals surface area contributed by atoms with E-state index in [0.29, 0.717) is 11.3 Å². The highest BCUT2D eigenvalue weighted by molar-refractivity contribution is 5.93. The summed E-state index contributed by atoms with van der Waals surface area (Å²) < 4.78 is 1.44. The smallest absolute Gasteiger partial charge is 0.269 e. The Bertz CT molecular complexity index is 995. The van der Waals surface area contributed by atoms with Gasteiger partial charge in [0, 0.05) is 37.0 Å². The minimum Gasteiger partial charge on any atom is -0.348 e. The maximum atomic E-state index is 12.2. The maximum Gasteiger partial charge on any atom is 0.269 e. The largest absolute Gasteiger partial charge is 0.348 e. The molecule has 3 aromatic rings. The molecule has 1 aromatic heterocycles. The fourth-order valence-electron chi connectivity index (χ4n) is 2.33. The molecule has 0 saturated carbocycles. The molecule has 0 saturated heterocycles. The van der Waals surface area contributed by atoms with Crippen molar-refractivity contribution in [3.8, 4) is 5.69 Å². The van der Waals surface area contributed by atoms with Gasteiger partial charge in [-0.1, -0.05) is 12.1 Å². The van der Waals surface area contributed by atoms with E-state index in [0.717, 1.165) is 5.56 Å². The number of hydrogen-bond donors (Lipinski definition) is 1. The number of nitrogens with zero attached hydrogens (tertiary/aromatic N) is 4. The number of aromatic nitrogens is 2. The van der Waals surface area contributed by atoms with Gasteiger partial charge in [0.05, 0.1) is 27.3 Å². The van der Waals surface area contributed by atoms with Gasteiger partial charge in [0.25, 0.3) is 17.3 Å². The van der Waals surface area contributed by atoms with Crippen LogP contribution < -0.4 is 5.32 Å². The molecule has 0 fully saturated rings. The summed E-state index contributed by atoms with van der Waals surface area (Å²) in [5.74, 6) is -0.360. The number of nitro groups is 2. The number of nitrogens with one attached hydrogen (secondary N) is 1. The van der Waals surface area contributed by atoms with Crippen LogP contribution in [0.25, 0.3) is 5.69 Å². The first-order valence-corrected chi connectivity index (χ1v) is 7.75. The fourth-order valence-corrected chi connectivity index (χ4v) is 2.33. The Hall–Kier alpha value is -4.08. The number of benzene rings is 2. The summed E-state index contributed by atoms with van der Waals surface area (Å²) in [6.45, 7) is 0.208. The number of rotatable bonds is 6. The summed E-state index contributed by atoms with van der Waals surface area (Å²) in [5.41, 5.74) is 1.56. The lowest BCUT2D eigenvalue weighted by atomic mass is 10.2. The lowest BCUT2D eigenvalue weighted by Crippen LogP contribution is -2.22. The number of carbonyl (C=O) groups excluding carboxylic acids is 1. The monoisotopic (exact) mass is 367 g/mol. The van der Waals surface area contributed by atoms with Gasteiger partial charge in [0.2, 0.25) is 0 Å². The first-order chi connectivity index (χ1) is 12.9. The van der Waals surface area contributed by atoms with Gasteiger partial charge in [-0.15, -0.1) is 0 Å². The molecule has 2 aromatic carbocycles.